The minimum Gasteiger partial charge on any atom is -0.492 e. The first-order valence-electron chi connectivity index (χ1n) is 7.02. The smallest absolute Gasteiger partial charge is 0.255 e. The maximum Gasteiger partial charge on any atom is 0.255 e. The van der Waals surface area contributed by atoms with Gasteiger partial charge in [0.25, 0.3) is 5.91 Å². The van der Waals surface area contributed by atoms with Gasteiger partial charge in [0.05, 0.1) is 0 Å². The van der Waals surface area contributed by atoms with Crippen molar-refractivity contribution in [3.05, 3.63) is 57.6 Å². The summed E-state index contributed by atoms with van der Waals surface area (Å²) in [6.07, 6.45) is 0. The Morgan fingerprint density at radius 3 is 2.50 bits per heavy atom. The molecular weight excluding hydrogens is 344 g/mol. The van der Waals surface area contributed by atoms with E-state index in [1.54, 1.807) is 0 Å². The Morgan fingerprint density at radius 1 is 1.23 bits per heavy atom. The highest BCUT2D eigenvalue weighted by atomic mass is 79.9. The molecule has 0 spiro atoms. The number of amides is 1. The predicted molar refractivity (Wildman–Crippen MR) is 92.6 cm³/mol. The largest absolute Gasteiger partial charge is 0.492 e. The van der Waals surface area contributed by atoms with Crippen LogP contribution < -0.4 is 15.8 Å². The van der Waals surface area contributed by atoms with E-state index in [1.807, 2.05) is 50.2 Å². The lowest BCUT2D eigenvalue weighted by atomic mass is 10.0. The summed E-state index contributed by atoms with van der Waals surface area (Å²) in [5.41, 5.74) is 8.66. The molecule has 5 heteroatoms. The zero-order chi connectivity index (χ0) is 16.1. The second-order valence-electron chi connectivity index (χ2n) is 5.04. The summed E-state index contributed by atoms with van der Waals surface area (Å²) in [7, 11) is 0. The Kier molecular flexibility index (Phi) is 5.57. The zero-order valence-electron chi connectivity index (χ0n) is 12.7. The van der Waals surface area contributed by atoms with Crippen LogP contribution in [0.2, 0.25) is 0 Å². The van der Waals surface area contributed by atoms with Crippen LogP contribution in [0.3, 0.4) is 0 Å². The van der Waals surface area contributed by atoms with E-state index in [2.05, 4.69) is 21.2 Å². The molecule has 22 heavy (non-hydrogen) atoms. The number of ether oxygens (including phenoxy) is 1. The third kappa shape index (κ3) is 4.08. The number of hydrogen-bond acceptors (Lipinski definition) is 3. The number of hydrogen-bond donors (Lipinski definition) is 2. The molecule has 0 heterocycles. The Balaban J connectivity index is 2.20. The van der Waals surface area contributed by atoms with Crippen LogP contribution in [-0.4, -0.2) is 19.1 Å². The molecule has 0 fully saturated rings. The Bertz CT molecular complexity index is 663. The van der Waals surface area contributed by atoms with Gasteiger partial charge in [-0.3, -0.25) is 4.79 Å². The molecular formula is C17H19BrN2O2. The van der Waals surface area contributed by atoms with E-state index in [1.165, 1.54) is 0 Å². The van der Waals surface area contributed by atoms with Gasteiger partial charge in [-0.1, -0.05) is 22.0 Å². The van der Waals surface area contributed by atoms with Crippen LogP contribution in [0.25, 0.3) is 0 Å². The number of anilines is 1. The molecule has 0 aliphatic carbocycles. The van der Waals surface area contributed by atoms with E-state index >= 15 is 0 Å². The maximum absolute atomic E-state index is 12.4. The van der Waals surface area contributed by atoms with Gasteiger partial charge in [0.1, 0.15) is 12.4 Å². The highest BCUT2D eigenvalue weighted by Crippen LogP contribution is 2.25. The molecule has 0 radical (unpaired) electrons. The lowest BCUT2D eigenvalue weighted by molar-refractivity contribution is 0.102. The van der Waals surface area contributed by atoms with E-state index in [4.69, 9.17) is 10.5 Å². The molecule has 2 aromatic rings. The quantitative estimate of drug-likeness (QED) is 0.852. The van der Waals surface area contributed by atoms with Gasteiger partial charge in [-0.2, -0.15) is 0 Å². The standard InChI is InChI=1S/C17H19BrN2O2/c1-11-8-13(9-12(2)16(11)22-7-6-19)17(21)20-15-5-3-4-14(18)10-15/h3-5,8-10H,6-7,19H2,1-2H3,(H,20,21). The van der Waals surface area contributed by atoms with Gasteiger partial charge in [0.15, 0.2) is 0 Å². The van der Waals surface area contributed by atoms with Gasteiger partial charge in [0.2, 0.25) is 0 Å². The van der Waals surface area contributed by atoms with Crippen LogP contribution in [0, 0.1) is 13.8 Å². The van der Waals surface area contributed by atoms with E-state index < -0.39 is 0 Å². The van der Waals surface area contributed by atoms with Crippen LogP contribution in [0.5, 0.6) is 5.75 Å². The predicted octanol–water partition coefficient (Wildman–Crippen LogP) is 3.66. The van der Waals surface area contributed by atoms with Crippen LogP contribution >= 0.6 is 15.9 Å². The molecule has 0 saturated carbocycles. The van der Waals surface area contributed by atoms with E-state index in [9.17, 15) is 4.79 Å². The fraction of sp³-hybridized carbons (Fsp3) is 0.235. The minimum atomic E-state index is -0.144. The molecule has 3 N–H and O–H groups in total. The van der Waals surface area contributed by atoms with Crippen molar-refractivity contribution >= 4 is 27.5 Å². The molecule has 4 nitrogen and oxygen atoms in total. The summed E-state index contributed by atoms with van der Waals surface area (Å²) in [4.78, 5) is 12.4. The number of halogens is 1. The molecule has 116 valence electrons. The van der Waals surface area contributed by atoms with Gasteiger partial charge >= 0.3 is 0 Å². The minimum absolute atomic E-state index is 0.144. The van der Waals surface area contributed by atoms with Gasteiger partial charge in [-0.25, -0.2) is 0 Å². The third-order valence-corrected chi connectivity index (χ3v) is 3.66. The van der Waals surface area contributed by atoms with E-state index in [-0.39, 0.29) is 5.91 Å². The van der Waals surface area contributed by atoms with Crippen LogP contribution in [-0.2, 0) is 0 Å². The first-order chi connectivity index (χ1) is 10.5. The number of rotatable bonds is 5. The van der Waals surface area contributed by atoms with Crippen LogP contribution in [0.1, 0.15) is 21.5 Å². The topological polar surface area (TPSA) is 64.3 Å². The van der Waals surface area contributed by atoms with E-state index in [0.29, 0.717) is 18.7 Å². The molecule has 1 amide bonds. The molecule has 0 aliphatic heterocycles. The number of benzene rings is 2. The second-order valence-corrected chi connectivity index (χ2v) is 5.96. The van der Waals surface area contributed by atoms with Gasteiger partial charge in [0, 0.05) is 22.3 Å². The van der Waals surface area contributed by atoms with Crippen molar-refractivity contribution in [2.45, 2.75) is 13.8 Å². The van der Waals surface area contributed by atoms with E-state index in [0.717, 1.165) is 27.0 Å². The van der Waals surface area contributed by atoms with Crippen LogP contribution in [0.15, 0.2) is 40.9 Å². The fourth-order valence-corrected chi connectivity index (χ4v) is 2.64. The third-order valence-electron chi connectivity index (χ3n) is 3.17. The Hall–Kier alpha value is -1.85. The van der Waals surface area contributed by atoms with Crippen molar-refractivity contribution in [2.24, 2.45) is 5.73 Å². The molecule has 0 atom stereocenters. The molecule has 0 aliphatic rings. The fourth-order valence-electron chi connectivity index (χ4n) is 2.24. The average Bonchev–Trinajstić information content (AvgIpc) is 2.46. The maximum atomic E-state index is 12.4. The van der Waals surface area contributed by atoms with Crippen LogP contribution in [0.4, 0.5) is 5.69 Å². The summed E-state index contributed by atoms with van der Waals surface area (Å²) in [5, 5.41) is 2.89. The summed E-state index contributed by atoms with van der Waals surface area (Å²) < 4.78 is 6.54. The van der Waals surface area contributed by atoms with Crippen molar-refractivity contribution in [3.63, 3.8) is 0 Å². The lowest BCUT2D eigenvalue weighted by Crippen LogP contribution is -2.14. The number of carbonyl (C=O) groups excluding carboxylic acids is 1. The van der Waals surface area contributed by atoms with Crippen molar-refractivity contribution in [3.8, 4) is 5.75 Å². The number of nitrogens with one attached hydrogen (secondary N) is 1. The molecule has 0 saturated heterocycles. The lowest BCUT2D eigenvalue weighted by Gasteiger charge is -2.13. The summed E-state index contributed by atoms with van der Waals surface area (Å²) in [5.74, 6) is 0.652. The van der Waals surface area contributed by atoms with Gasteiger partial charge in [-0.15, -0.1) is 0 Å². The summed E-state index contributed by atoms with van der Waals surface area (Å²) in [6.45, 7) is 4.78. The number of nitrogens with two attached hydrogens (primary N) is 1. The first kappa shape index (κ1) is 16.5. The zero-order valence-corrected chi connectivity index (χ0v) is 14.2. The van der Waals surface area contributed by atoms with Gasteiger partial charge in [-0.05, 0) is 55.3 Å². The molecule has 0 unspecified atom stereocenters. The SMILES string of the molecule is Cc1cc(C(=O)Nc2cccc(Br)c2)cc(C)c1OCCN. The monoisotopic (exact) mass is 362 g/mol. The molecule has 2 rings (SSSR count). The van der Waals surface area contributed by atoms with Crippen molar-refractivity contribution in [2.75, 3.05) is 18.5 Å². The normalized spacial score (nSPS) is 10.4. The first-order valence-corrected chi connectivity index (χ1v) is 7.81. The second kappa shape index (κ2) is 7.42. The molecule has 0 aromatic heterocycles. The highest BCUT2D eigenvalue weighted by Gasteiger charge is 2.12. The Morgan fingerprint density at radius 2 is 1.91 bits per heavy atom. The molecule has 0 bridgehead atoms. The van der Waals surface area contributed by atoms with Crippen molar-refractivity contribution in [1.82, 2.24) is 0 Å². The number of carbonyl (C=O) groups is 1. The molecule has 2 aromatic carbocycles. The van der Waals surface area contributed by atoms with Crippen molar-refractivity contribution in [1.29, 1.82) is 0 Å². The Labute approximate surface area is 138 Å². The number of aryl methyl sites for hydroxylation is 2. The average molecular weight is 363 g/mol. The highest BCUT2D eigenvalue weighted by molar-refractivity contribution is 9.10. The van der Waals surface area contributed by atoms with Gasteiger partial charge < -0.3 is 15.8 Å². The summed E-state index contributed by atoms with van der Waals surface area (Å²) >= 11 is 3.39. The summed E-state index contributed by atoms with van der Waals surface area (Å²) in [6, 6.07) is 11.1. The van der Waals surface area contributed by atoms with Crippen molar-refractivity contribution < 1.29 is 9.53 Å².